The van der Waals surface area contributed by atoms with Gasteiger partial charge in [0.1, 0.15) is 22.9 Å². The van der Waals surface area contributed by atoms with Gasteiger partial charge < -0.3 is 24.8 Å². The monoisotopic (exact) mass is 468 g/mol. The number of H-pyrrole nitrogens is 1. The predicted octanol–water partition coefficient (Wildman–Crippen LogP) is 3.07. The zero-order valence-corrected chi connectivity index (χ0v) is 19.0. The van der Waals surface area contributed by atoms with Crippen molar-refractivity contribution in [3.63, 3.8) is 0 Å². The van der Waals surface area contributed by atoms with Crippen LogP contribution in [0.15, 0.2) is 33.5 Å². The van der Waals surface area contributed by atoms with Crippen LogP contribution in [0.2, 0.25) is 0 Å². The lowest BCUT2D eigenvalue weighted by molar-refractivity contribution is 0.0944. The summed E-state index contributed by atoms with van der Waals surface area (Å²) in [5, 5.41) is 6.06. The minimum absolute atomic E-state index is 0. The van der Waals surface area contributed by atoms with Gasteiger partial charge in [0.15, 0.2) is 0 Å². The number of fused-ring (bicyclic) bond motifs is 1. The molecule has 0 bridgehead atoms. The van der Waals surface area contributed by atoms with E-state index in [-0.39, 0.29) is 42.8 Å². The van der Waals surface area contributed by atoms with Crippen molar-refractivity contribution in [2.75, 3.05) is 20.2 Å². The number of imidazole rings is 1. The highest BCUT2D eigenvalue weighted by Gasteiger charge is 2.22. The number of rotatable bonds is 5. The lowest BCUT2D eigenvalue weighted by Crippen LogP contribution is -2.31. The van der Waals surface area contributed by atoms with E-state index in [1.807, 2.05) is 18.2 Å². The smallest absolute Gasteiger partial charge is 0.349 e. The molecule has 0 saturated carbocycles. The number of hydrogen-bond acceptors (Lipinski definition) is 6. The number of amides is 1. The number of hydrogen-bond donors (Lipinski definition) is 3. The highest BCUT2D eigenvalue weighted by molar-refractivity contribution is 5.95. The van der Waals surface area contributed by atoms with Gasteiger partial charge in [-0.1, -0.05) is 0 Å². The standard InChI is InChI=1S/C21H24N4O4.2ClH/c1-12-8-17(13-4-3-7-22-10-13)29-21(27)19(12)20(26)23-11-18-24-15-6-5-14(28-2)9-16(15)25-18;;/h5-6,8-9,13,22H,3-4,7,10-11H2,1-2H3,(H,23,26)(H,24,25);2*1H. The molecule has 4 rings (SSSR count). The molecule has 1 unspecified atom stereocenters. The van der Waals surface area contributed by atoms with Gasteiger partial charge >= 0.3 is 5.63 Å². The topological polar surface area (TPSA) is 109 Å². The molecular weight excluding hydrogens is 443 g/mol. The molecule has 1 aliphatic rings. The third-order valence-electron chi connectivity index (χ3n) is 5.25. The summed E-state index contributed by atoms with van der Waals surface area (Å²) in [5.41, 5.74) is 1.65. The number of methoxy groups -OCH3 is 1. The molecule has 3 heterocycles. The van der Waals surface area contributed by atoms with Crippen molar-refractivity contribution in [3.05, 3.63) is 57.4 Å². The normalized spacial score (nSPS) is 15.6. The molecule has 0 radical (unpaired) electrons. The van der Waals surface area contributed by atoms with Crippen LogP contribution in [0.4, 0.5) is 0 Å². The van der Waals surface area contributed by atoms with Gasteiger partial charge in [0, 0.05) is 18.5 Å². The first-order valence-electron chi connectivity index (χ1n) is 9.71. The molecular formula is C21H26Cl2N4O4. The van der Waals surface area contributed by atoms with E-state index < -0.39 is 11.5 Å². The van der Waals surface area contributed by atoms with Crippen molar-refractivity contribution < 1.29 is 13.9 Å². The minimum Gasteiger partial charge on any atom is -0.497 e. The lowest BCUT2D eigenvalue weighted by atomic mass is 9.95. The fourth-order valence-electron chi connectivity index (χ4n) is 3.71. The highest BCUT2D eigenvalue weighted by atomic mass is 35.5. The first-order chi connectivity index (χ1) is 14.0. The van der Waals surface area contributed by atoms with E-state index in [0.29, 0.717) is 17.1 Å². The van der Waals surface area contributed by atoms with Crippen LogP contribution < -0.4 is 21.0 Å². The molecule has 3 aromatic rings. The first-order valence-corrected chi connectivity index (χ1v) is 9.71. The Bertz CT molecular complexity index is 1110. The fraction of sp³-hybridized carbons (Fsp3) is 0.381. The van der Waals surface area contributed by atoms with Crippen LogP contribution in [0.5, 0.6) is 5.75 Å². The summed E-state index contributed by atoms with van der Waals surface area (Å²) in [7, 11) is 1.60. The number of nitrogens with zero attached hydrogens (tertiary/aromatic N) is 1. The number of carbonyl (C=O) groups is 1. The number of aromatic nitrogens is 2. The van der Waals surface area contributed by atoms with Crippen molar-refractivity contribution in [1.82, 2.24) is 20.6 Å². The quantitative estimate of drug-likeness (QED) is 0.530. The summed E-state index contributed by atoms with van der Waals surface area (Å²) < 4.78 is 10.7. The summed E-state index contributed by atoms with van der Waals surface area (Å²) >= 11 is 0. The second-order valence-corrected chi connectivity index (χ2v) is 7.29. The second kappa shape index (κ2) is 10.7. The molecule has 2 aromatic heterocycles. The van der Waals surface area contributed by atoms with E-state index in [9.17, 15) is 9.59 Å². The predicted molar refractivity (Wildman–Crippen MR) is 123 cm³/mol. The molecule has 1 fully saturated rings. The van der Waals surface area contributed by atoms with Crippen molar-refractivity contribution >= 4 is 41.8 Å². The Morgan fingerprint density at radius 2 is 2.13 bits per heavy atom. The number of benzene rings is 1. The summed E-state index contributed by atoms with van der Waals surface area (Å²) in [4.78, 5) is 32.7. The minimum atomic E-state index is -0.600. The third kappa shape index (κ3) is 5.39. The Labute approximate surface area is 192 Å². The van der Waals surface area contributed by atoms with Gasteiger partial charge in [0.2, 0.25) is 0 Å². The molecule has 8 nitrogen and oxygen atoms in total. The Hall–Kier alpha value is -2.55. The van der Waals surface area contributed by atoms with Gasteiger partial charge in [-0.15, -0.1) is 24.8 Å². The van der Waals surface area contributed by atoms with Gasteiger partial charge in [0.25, 0.3) is 5.91 Å². The molecule has 1 amide bonds. The van der Waals surface area contributed by atoms with E-state index in [1.165, 1.54) is 0 Å². The molecule has 1 aromatic carbocycles. The average Bonchev–Trinajstić information content (AvgIpc) is 3.14. The SMILES string of the molecule is COc1ccc2nc(CNC(=O)c3c(C)cc(C4CCCNC4)oc3=O)[nH]c2c1.Cl.Cl. The van der Waals surface area contributed by atoms with Crippen LogP contribution in [0.25, 0.3) is 11.0 Å². The maximum Gasteiger partial charge on any atom is 0.349 e. The van der Waals surface area contributed by atoms with E-state index >= 15 is 0 Å². The van der Waals surface area contributed by atoms with Gasteiger partial charge in [-0.2, -0.15) is 0 Å². The third-order valence-corrected chi connectivity index (χ3v) is 5.25. The van der Waals surface area contributed by atoms with Crippen LogP contribution in [0.1, 0.15) is 46.3 Å². The highest BCUT2D eigenvalue weighted by Crippen LogP contribution is 2.23. The molecule has 0 aliphatic carbocycles. The molecule has 1 saturated heterocycles. The summed E-state index contributed by atoms with van der Waals surface area (Å²) in [6, 6.07) is 7.31. The van der Waals surface area contributed by atoms with Crippen LogP contribution in [-0.2, 0) is 6.54 Å². The van der Waals surface area contributed by atoms with E-state index in [4.69, 9.17) is 9.15 Å². The first kappa shape index (κ1) is 24.7. The average molecular weight is 469 g/mol. The van der Waals surface area contributed by atoms with Crippen LogP contribution in [-0.4, -0.2) is 36.1 Å². The maximum absolute atomic E-state index is 12.6. The lowest BCUT2D eigenvalue weighted by Gasteiger charge is -2.22. The summed E-state index contributed by atoms with van der Waals surface area (Å²) in [6.07, 6.45) is 2.01. The Kier molecular flexibility index (Phi) is 8.50. The largest absolute Gasteiger partial charge is 0.497 e. The number of carbonyl (C=O) groups excluding carboxylic acids is 1. The Balaban J connectivity index is 0.00000171. The molecule has 1 aliphatic heterocycles. The number of piperidine rings is 1. The zero-order valence-electron chi connectivity index (χ0n) is 17.3. The van der Waals surface area contributed by atoms with Crippen molar-refractivity contribution in [2.24, 2.45) is 0 Å². The molecule has 10 heteroatoms. The molecule has 1 atom stereocenters. The van der Waals surface area contributed by atoms with Crippen LogP contribution >= 0.6 is 24.8 Å². The van der Waals surface area contributed by atoms with Crippen molar-refractivity contribution in [1.29, 1.82) is 0 Å². The summed E-state index contributed by atoms with van der Waals surface area (Å²) in [5.74, 6) is 1.65. The number of aromatic amines is 1. The maximum atomic E-state index is 12.6. The van der Waals surface area contributed by atoms with Gasteiger partial charge in [0.05, 0.1) is 24.7 Å². The van der Waals surface area contributed by atoms with Crippen molar-refractivity contribution in [2.45, 2.75) is 32.2 Å². The van der Waals surface area contributed by atoms with E-state index in [2.05, 4.69) is 20.6 Å². The van der Waals surface area contributed by atoms with E-state index in [1.54, 1.807) is 20.1 Å². The fourth-order valence-corrected chi connectivity index (χ4v) is 3.71. The van der Waals surface area contributed by atoms with Crippen LogP contribution in [0, 0.1) is 6.92 Å². The Morgan fingerprint density at radius 1 is 1.32 bits per heavy atom. The Morgan fingerprint density at radius 3 is 2.81 bits per heavy atom. The molecule has 168 valence electrons. The number of ether oxygens (including phenoxy) is 1. The van der Waals surface area contributed by atoms with Gasteiger partial charge in [-0.3, -0.25) is 4.79 Å². The van der Waals surface area contributed by atoms with Crippen molar-refractivity contribution in [3.8, 4) is 5.75 Å². The second-order valence-electron chi connectivity index (χ2n) is 7.29. The summed E-state index contributed by atoms with van der Waals surface area (Å²) in [6.45, 7) is 3.70. The molecule has 0 spiro atoms. The van der Waals surface area contributed by atoms with E-state index in [0.717, 1.165) is 42.7 Å². The van der Waals surface area contributed by atoms with Gasteiger partial charge in [-0.25, -0.2) is 9.78 Å². The molecule has 3 N–H and O–H groups in total. The van der Waals surface area contributed by atoms with Gasteiger partial charge in [-0.05, 0) is 50.1 Å². The molecule has 31 heavy (non-hydrogen) atoms. The number of halogens is 2. The number of nitrogens with one attached hydrogen (secondary N) is 3. The van der Waals surface area contributed by atoms with Crippen LogP contribution in [0.3, 0.4) is 0 Å². The zero-order chi connectivity index (χ0) is 20.4. The number of aryl methyl sites for hydroxylation is 1.